The van der Waals surface area contributed by atoms with E-state index in [1.54, 1.807) is 0 Å². The van der Waals surface area contributed by atoms with Gasteiger partial charge in [0.05, 0.1) is 0 Å². The molecule has 9 heavy (non-hydrogen) atoms. The van der Waals surface area contributed by atoms with Gasteiger partial charge in [-0.05, 0) is 6.04 Å². The first kappa shape index (κ1) is 6.84. The van der Waals surface area contributed by atoms with Crippen LogP contribution in [0.15, 0.2) is 30.3 Å². The number of hydrogen-bond acceptors (Lipinski definition) is 0. The summed E-state index contributed by atoms with van der Waals surface area (Å²) in [6.45, 7) is 0. The van der Waals surface area contributed by atoms with E-state index in [1.165, 1.54) is 5.56 Å². The lowest BCUT2D eigenvalue weighted by Gasteiger charge is -1.92. The van der Waals surface area contributed by atoms with Crippen molar-refractivity contribution in [3.05, 3.63) is 35.9 Å². The van der Waals surface area contributed by atoms with Gasteiger partial charge in [-0.2, -0.15) is 11.1 Å². The topological polar surface area (TPSA) is 0 Å². The van der Waals surface area contributed by atoms with Crippen LogP contribution in [-0.2, 0) is 6.04 Å². The van der Waals surface area contributed by atoms with Gasteiger partial charge >= 0.3 is 0 Å². The van der Waals surface area contributed by atoms with Crippen LogP contribution in [0.5, 0.6) is 0 Å². The number of hydrogen-bond donors (Lipinski definition) is 0. The molecule has 0 heterocycles. The van der Waals surface area contributed by atoms with Crippen LogP contribution >= 0.6 is 11.1 Å². The van der Waals surface area contributed by atoms with Crippen LogP contribution in [-0.4, -0.2) is 8.83 Å². The van der Waals surface area contributed by atoms with Gasteiger partial charge in [0.15, 0.2) is 0 Å². The largest absolute Gasteiger partial charge is 0.176 e. The van der Waals surface area contributed by atoms with Crippen LogP contribution in [0, 0.1) is 0 Å². The van der Waals surface area contributed by atoms with E-state index < -0.39 is 0 Å². The summed E-state index contributed by atoms with van der Waals surface area (Å²) in [5.41, 5.74) is 1.37. The van der Waals surface area contributed by atoms with Gasteiger partial charge in [-0.1, -0.05) is 35.9 Å². The summed E-state index contributed by atoms with van der Waals surface area (Å²) in [6.07, 6.45) is 0. The van der Waals surface area contributed by atoms with Crippen LogP contribution in [0.2, 0.25) is 0 Å². The summed E-state index contributed by atoms with van der Waals surface area (Å²) in [6, 6.07) is 11.5. The van der Waals surface area contributed by atoms with Crippen molar-refractivity contribution >= 4 is 19.9 Å². The molecular formula is C7H9ClSi. The highest BCUT2D eigenvalue weighted by Crippen LogP contribution is 1.98. The van der Waals surface area contributed by atoms with Crippen molar-refractivity contribution in [3.8, 4) is 0 Å². The third kappa shape index (κ3) is 2.20. The van der Waals surface area contributed by atoms with Crippen LogP contribution < -0.4 is 0 Å². The van der Waals surface area contributed by atoms with E-state index in [2.05, 4.69) is 24.3 Å². The molecular weight excluding hydrogens is 148 g/mol. The maximum Gasteiger partial charge on any atom is 0.129 e. The Labute approximate surface area is 62.4 Å². The molecule has 0 saturated carbocycles. The molecule has 0 nitrogen and oxygen atoms in total. The Morgan fingerprint density at radius 1 is 1.22 bits per heavy atom. The van der Waals surface area contributed by atoms with Crippen LogP contribution in [0.3, 0.4) is 0 Å². The van der Waals surface area contributed by atoms with E-state index in [9.17, 15) is 0 Å². The molecule has 0 aromatic heterocycles. The van der Waals surface area contributed by atoms with Gasteiger partial charge in [-0.15, -0.1) is 0 Å². The second kappa shape index (κ2) is 3.70. The van der Waals surface area contributed by atoms with Crippen molar-refractivity contribution in [3.63, 3.8) is 0 Å². The lowest BCUT2D eigenvalue weighted by Crippen LogP contribution is -1.86. The lowest BCUT2D eigenvalue weighted by molar-refractivity contribution is 1.40. The molecule has 0 aliphatic rings. The maximum absolute atomic E-state index is 5.67. The molecule has 0 unspecified atom stereocenters. The second-order valence-corrected chi connectivity index (χ2v) is 3.94. The molecule has 0 radical (unpaired) electrons. The van der Waals surface area contributed by atoms with E-state index in [4.69, 9.17) is 11.1 Å². The third-order valence-electron chi connectivity index (χ3n) is 1.23. The van der Waals surface area contributed by atoms with Gasteiger partial charge in [-0.3, -0.25) is 0 Å². The SMILES string of the molecule is Cl[SiH2]Cc1ccccc1. The van der Waals surface area contributed by atoms with Crippen molar-refractivity contribution in [1.82, 2.24) is 0 Å². The average molecular weight is 157 g/mol. The number of rotatable bonds is 2. The van der Waals surface area contributed by atoms with Gasteiger partial charge in [0.1, 0.15) is 8.83 Å². The zero-order chi connectivity index (χ0) is 6.53. The minimum absolute atomic E-state index is 0.312. The van der Waals surface area contributed by atoms with Crippen molar-refractivity contribution in [2.24, 2.45) is 0 Å². The van der Waals surface area contributed by atoms with Gasteiger partial charge in [0.2, 0.25) is 0 Å². The maximum atomic E-state index is 5.67. The Morgan fingerprint density at radius 3 is 2.44 bits per heavy atom. The van der Waals surface area contributed by atoms with E-state index in [0.717, 1.165) is 6.04 Å². The molecule has 2 heteroatoms. The Bertz CT molecular complexity index is 162. The first-order valence-corrected chi connectivity index (χ1v) is 6.17. The molecule has 0 aliphatic carbocycles. The summed E-state index contributed by atoms with van der Waals surface area (Å²) in [5, 5.41) is 0. The van der Waals surface area contributed by atoms with Crippen LogP contribution in [0.1, 0.15) is 5.56 Å². The zero-order valence-electron chi connectivity index (χ0n) is 5.18. The van der Waals surface area contributed by atoms with Gasteiger partial charge < -0.3 is 0 Å². The molecule has 0 bridgehead atoms. The molecule has 1 rings (SSSR count). The molecule has 0 fully saturated rings. The monoisotopic (exact) mass is 156 g/mol. The van der Waals surface area contributed by atoms with Crippen molar-refractivity contribution in [2.45, 2.75) is 6.04 Å². The minimum Gasteiger partial charge on any atom is -0.176 e. The Balaban J connectivity index is 2.61. The second-order valence-electron chi connectivity index (χ2n) is 1.92. The zero-order valence-corrected chi connectivity index (χ0v) is 7.35. The molecule has 0 aliphatic heterocycles. The van der Waals surface area contributed by atoms with Crippen molar-refractivity contribution < 1.29 is 0 Å². The molecule has 1 aromatic carbocycles. The standard InChI is InChI=1S/C7H9ClSi/c8-9-6-7-4-2-1-3-5-7/h1-5H,6,9H2. The van der Waals surface area contributed by atoms with E-state index >= 15 is 0 Å². The fourth-order valence-corrected chi connectivity index (χ4v) is 1.96. The predicted octanol–water partition coefficient (Wildman–Crippen LogP) is 1.51. The van der Waals surface area contributed by atoms with E-state index in [1.807, 2.05) is 6.07 Å². The van der Waals surface area contributed by atoms with Crippen molar-refractivity contribution in [2.75, 3.05) is 0 Å². The Hall–Kier alpha value is -0.273. The Morgan fingerprint density at radius 2 is 1.89 bits per heavy atom. The van der Waals surface area contributed by atoms with E-state index in [0.29, 0.717) is 0 Å². The van der Waals surface area contributed by atoms with Crippen molar-refractivity contribution in [1.29, 1.82) is 0 Å². The van der Waals surface area contributed by atoms with Gasteiger partial charge in [0, 0.05) is 0 Å². The van der Waals surface area contributed by atoms with Gasteiger partial charge in [-0.25, -0.2) is 0 Å². The summed E-state index contributed by atoms with van der Waals surface area (Å²) in [4.78, 5) is 0. The number of benzene rings is 1. The van der Waals surface area contributed by atoms with E-state index in [-0.39, 0.29) is 8.83 Å². The first-order chi connectivity index (χ1) is 4.43. The third-order valence-corrected chi connectivity index (χ3v) is 2.56. The first-order valence-electron chi connectivity index (χ1n) is 3.03. The Kier molecular flexibility index (Phi) is 2.81. The van der Waals surface area contributed by atoms with Crippen LogP contribution in [0.25, 0.3) is 0 Å². The minimum atomic E-state index is -0.312. The fourth-order valence-electron chi connectivity index (χ4n) is 0.754. The molecule has 0 spiro atoms. The average Bonchev–Trinajstić information content (AvgIpc) is 1.91. The smallest absolute Gasteiger partial charge is 0.129 e. The summed E-state index contributed by atoms with van der Waals surface area (Å²) in [7, 11) is -0.312. The summed E-state index contributed by atoms with van der Waals surface area (Å²) >= 11 is 5.67. The highest BCUT2D eigenvalue weighted by atomic mass is 35.6. The lowest BCUT2D eigenvalue weighted by atomic mass is 10.2. The molecule has 0 N–H and O–H groups in total. The molecule has 0 saturated heterocycles. The number of halogens is 1. The quantitative estimate of drug-likeness (QED) is 0.450. The summed E-state index contributed by atoms with van der Waals surface area (Å²) in [5.74, 6) is 0. The highest BCUT2D eigenvalue weighted by molar-refractivity contribution is 6.93. The molecule has 0 atom stereocenters. The predicted molar refractivity (Wildman–Crippen MR) is 44.5 cm³/mol. The fraction of sp³-hybridized carbons (Fsp3) is 0.143. The molecule has 1 aromatic rings. The highest BCUT2D eigenvalue weighted by Gasteiger charge is 1.86. The molecule has 0 amide bonds. The summed E-state index contributed by atoms with van der Waals surface area (Å²) < 4.78 is 0. The van der Waals surface area contributed by atoms with Gasteiger partial charge in [0.25, 0.3) is 0 Å². The normalized spacial score (nSPS) is 10.8. The van der Waals surface area contributed by atoms with Crippen LogP contribution in [0.4, 0.5) is 0 Å². The molecule has 48 valence electrons.